The molecule has 0 radical (unpaired) electrons. The van der Waals surface area contributed by atoms with Crippen LogP contribution in [0.5, 0.6) is 0 Å². The number of nitrogens with zero attached hydrogens (tertiary/aromatic N) is 1. The average Bonchev–Trinajstić information content (AvgIpc) is 2.47. The van der Waals surface area contributed by atoms with Gasteiger partial charge in [0.05, 0.1) is 0 Å². The Morgan fingerprint density at radius 3 is 2.38 bits per heavy atom. The summed E-state index contributed by atoms with van der Waals surface area (Å²) >= 11 is 0. The van der Waals surface area contributed by atoms with Gasteiger partial charge in [0, 0.05) is 30.7 Å². The lowest BCUT2D eigenvalue weighted by molar-refractivity contribution is -0.00784. The van der Waals surface area contributed by atoms with Crippen molar-refractivity contribution in [3.05, 3.63) is 0 Å². The van der Waals surface area contributed by atoms with E-state index in [0.717, 1.165) is 17.9 Å². The molecule has 2 aliphatic rings. The Bertz CT molecular complexity index is 305. The van der Waals surface area contributed by atoms with Crippen molar-refractivity contribution in [2.24, 2.45) is 11.8 Å². The van der Waals surface area contributed by atoms with E-state index in [4.69, 9.17) is 0 Å². The van der Waals surface area contributed by atoms with Crippen molar-refractivity contribution < 1.29 is 0 Å². The van der Waals surface area contributed by atoms with E-state index in [9.17, 15) is 0 Å². The van der Waals surface area contributed by atoms with Gasteiger partial charge in [-0.25, -0.2) is 0 Å². The summed E-state index contributed by atoms with van der Waals surface area (Å²) in [6.07, 6.45) is 9.87. The van der Waals surface area contributed by atoms with E-state index in [-0.39, 0.29) is 0 Å². The van der Waals surface area contributed by atoms with Crippen molar-refractivity contribution >= 4 is 0 Å². The quantitative estimate of drug-likeness (QED) is 0.806. The third kappa shape index (κ3) is 4.22. The summed E-state index contributed by atoms with van der Waals surface area (Å²) in [6, 6.07) is 1.43. The molecule has 0 aromatic carbocycles. The van der Waals surface area contributed by atoms with Gasteiger partial charge in [0.2, 0.25) is 0 Å². The smallest absolute Gasteiger partial charge is 0.0249 e. The molecule has 0 spiro atoms. The molecule has 2 rings (SSSR count). The molecule has 0 aromatic rings. The summed E-state index contributed by atoms with van der Waals surface area (Å²) in [5.74, 6) is 1.66. The van der Waals surface area contributed by atoms with E-state index < -0.39 is 0 Å². The zero-order valence-corrected chi connectivity index (χ0v) is 15.1. The van der Waals surface area contributed by atoms with Gasteiger partial charge in [-0.1, -0.05) is 46.5 Å². The van der Waals surface area contributed by atoms with Crippen molar-refractivity contribution in [2.75, 3.05) is 13.1 Å². The minimum absolute atomic E-state index is 0.346. The maximum Gasteiger partial charge on any atom is 0.0249 e. The fourth-order valence-corrected chi connectivity index (χ4v) is 4.69. The van der Waals surface area contributed by atoms with E-state index >= 15 is 0 Å². The van der Waals surface area contributed by atoms with Gasteiger partial charge < -0.3 is 5.32 Å². The minimum Gasteiger partial charge on any atom is -0.311 e. The fourth-order valence-electron chi connectivity index (χ4n) is 4.69. The third-order valence-electron chi connectivity index (χ3n) is 6.01. The molecule has 1 saturated carbocycles. The van der Waals surface area contributed by atoms with Crippen molar-refractivity contribution in [1.82, 2.24) is 10.2 Å². The number of hydrogen-bond donors (Lipinski definition) is 1. The molecule has 0 bridgehead atoms. The van der Waals surface area contributed by atoms with Crippen LogP contribution >= 0.6 is 0 Å². The van der Waals surface area contributed by atoms with Gasteiger partial charge in [0.15, 0.2) is 0 Å². The molecule has 0 amide bonds. The molecular weight excluding hydrogens is 256 g/mol. The molecule has 0 aromatic heterocycles. The SMILES string of the molecule is CCCC(C)(C)N1CC(C2CCCCC2)NCC1C(C)C. The number of hydrogen-bond acceptors (Lipinski definition) is 2. The Kier molecular flexibility index (Phi) is 6.14. The van der Waals surface area contributed by atoms with E-state index in [1.165, 1.54) is 58.0 Å². The van der Waals surface area contributed by atoms with Crippen LogP contribution in [0.4, 0.5) is 0 Å². The number of rotatable bonds is 5. The van der Waals surface area contributed by atoms with Gasteiger partial charge in [-0.2, -0.15) is 0 Å². The molecule has 1 saturated heterocycles. The average molecular weight is 295 g/mol. The van der Waals surface area contributed by atoms with Crippen LogP contribution in [0.15, 0.2) is 0 Å². The molecular formula is C19H38N2. The van der Waals surface area contributed by atoms with Crippen LogP contribution in [-0.4, -0.2) is 35.6 Å². The van der Waals surface area contributed by atoms with Crippen LogP contribution in [-0.2, 0) is 0 Å². The number of piperazine rings is 1. The molecule has 1 aliphatic heterocycles. The summed E-state index contributed by atoms with van der Waals surface area (Å²) in [6.45, 7) is 14.5. The first-order valence-electron chi connectivity index (χ1n) is 9.46. The van der Waals surface area contributed by atoms with E-state index in [2.05, 4.69) is 44.8 Å². The van der Waals surface area contributed by atoms with E-state index in [0.29, 0.717) is 11.6 Å². The van der Waals surface area contributed by atoms with Gasteiger partial charge >= 0.3 is 0 Å². The van der Waals surface area contributed by atoms with Gasteiger partial charge in [-0.15, -0.1) is 0 Å². The van der Waals surface area contributed by atoms with Crippen LogP contribution < -0.4 is 5.32 Å². The maximum atomic E-state index is 3.92. The van der Waals surface area contributed by atoms with Crippen molar-refractivity contribution in [1.29, 1.82) is 0 Å². The van der Waals surface area contributed by atoms with Crippen molar-refractivity contribution in [2.45, 2.75) is 97.2 Å². The zero-order valence-electron chi connectivity index (χ0n) is 15.1. The molecule has 2 unspecified atom stereocenters. The second kappa shape index (κ2) is 7.46. The first kappa shape index (κ1) is 17.3. The first-order chi connectivity index (χ1) is 9.95. The molecule has 1 N–H and O–H groups in total. The Labute approximate surface area is 133 Å². The topological polar surface area (TPSA) is 15.3 Å². The summed E-state index contributed by atoms with van der Waals surface area (Å²) < 4.78 is 0. The Morgan fingerprint density at radius 2 is 1.81 bits per heavy atom. The van der Waals surface area contributed by atoms with Gasteiger partial charge in [0.1, 0.15) is 0 Å². The Balaban J connectivity index is 2.07. The molecule has 2 heteroatoms. The maximum absolute atomic E-state index is 3.92. The van der Waals surface area contributed by atoms with Crippen LogP contribution in [0.25, 0.3) is 0 Å². The first-order valence-corrected chi connectivity index (χ1v) is 9.46. The summed E-state index contributed by atoms with van der Waals surface area (Å²) in [7, 11) is 0. The van der Waals surface area contributed by atoms with Gasteiger partial charge in [-0.3, -0.25) is 4.90 Å². The molecule has 2 fully saturated rings. The Hall–Kier alpha value is -0.0800. The normalized spacial score (nSPS) is 30.0. The van der Waals surface area contributed by atoms with E-state index in [1.807, 2.05) is 0 Å². The lowest BCUT2D eigenvalue weighted by Crippen LogP contribution is -2.65. The second-order valence-electron chi connectivity index (χ2n) is 8.44. The van der Waals surface area contributed by atoms with Crippen LogP contribution in [0, 0.1) is 11.8 Å². The van der Waals surface area contributed by atoms with Crippen LogP contribution in [0.1, 0.15) is 79.6 Å². The lowest BCUT2D eigenvalue weighted by atomic mass is 9.80. The highest BCUT2D eigenvalue weighted by Crippen LogP contribution is 2.33. The highest BCUT2D eigenvalue weighted by Gasteiger charge is 2.40. The van der Waals surface area contributed by atoms with Gasteiger partial charge in [-0.05, 0) is 44.9 Å². The third-order valence-corrected chi connectivity index (χ3v) is 6.01. The zero-order chi connectivity index (χ0) is 15.5. The monoisotopic (exact) mass is 294 g/mol. The summed E-state index contributed by atoms with van der Waals surface area (Å²) in [5.41, 5.74) is 0.346. The van der Waals surface area contributed by atoms with Crippen LogP contribution in [0.3, 0.4) is 0 Å². The predicted octanol–water partition coefficient (Wildman–Crippen LogP) is 4.44. The second-order valence-corrected chi connectivity index (χ2v) is 8.44. The molecule has 2 atom stereocenters. The minimum atomic E-state index is 0.346. The molecule has 124 valence electrons. The standard InChI is InChI=1S/C19H38N2/c1-6-12-19(4,5)21-14-17(16-10-8-7-9-11-16)20-13-18(21)15(2)3/h15-18,20H,6-14H2,1-5H3. The summed E-state index contributed by atoms with van der Waals surface area (Å²) in [5, 5.41) is 3.92. The largest absolute Gasteiger partial charge is 0.311 e. The molecule has 1 aliphatic carbocycles. The van der Waals surface area contributed by atoms with E-state index in [1.54, 1.807) is 0 Å². The van der Waals surface area contributed by atoms with Crippen molar-refractivity contribution in [3.8, 4) is 0 Å². The Morgan fingerprint density at radius 1 is 1.14 bits per heavy atom. The van der Waals surface area contributed by atoms with Gasteiger partial charge in [0.25, 0.3) is 0 Å². The number of nitrogens with one attached hydrogen (secondary N) is 1. The molecule has 2 nitrogen and oxygen atoms in total. The highest BCUT2D eigenvalue weighted by atomic mass is 15.3. The van der Waals surface area contributed by atoms with Crippen molar-refractivity contribution in [3.63, 3.8) is 0 Å². The molecule has 21 heavy (non-hydrogen) atoms. The fraction of sp³-hybridized carbons (Fsp3) is 1.00. The highest BCUT2D eigenvalue weighted by molar-refractivity contribution is 4.97. The molecule has 1 heterocycles. The van der Waals surface area contributed by atoms with Crippen LogP contribution in [0.2, 0.25) is 0 Å². The predicted molar refractivity (Wildman–Crippen MR) is 92.7 cm³/mol. The summed E-state index contributed by atoms with van der Waals surface area (Å²) in [4.78, 5) is 2.86. The lowest BCUT2D eigenvalue weighted by Gasteiger charge is -2.52.